The van der Waals surface area contributed by atoms with Gasteiger partial charge in [0.25, 0.3) is 11.8 Å². The molecule has 0 aliphatic carbocycles. The lowest BCUT2D eigenvalue weighted by Crippen LogP contribution is -2.21. The lowest BCUT2D eigenvalue weighted by Gasteiger charge is -2.11. The van der Waals surface area contributed by atoms with Crippen molar-refractivity contribution in [2.75, 3.05) is 24.4 Å². The summed E-state index contributed by atoms with van der Waals surface area (Å²) < 4.78 is 24.6. The number of para-hydroxylation sites is 2. The lowest BCUT2D eigenvalue weighted by atomic mass is 10.1. The van der Waals surface area contributed by atoms with Crippen LogP contribution in [-0.2, 0) is 4.79 Å². The third-order valence-electron chi connectivity index (χ3n) is 6.05. The number of benzene rings is 4. The Bertz CT molecular complexity index is 1740. The third kappa shape index (κ3) is 7.80. The van der Waals surface area contributed by atoms with Crippen LogP contribution in [0.5, 0.6) is 11.5 Å². The summed E-state index contributed by atoms with van der Waals surface area (Å²) in [6.07, 6.45) is 1.46. The first kappa shape index (κ1) is 29.0. The number of hydrogen-bond acceptors (Lipinski definition) is 8. The van der Waals surface area contributed by atoms with Crippen LogP contribution in [0.2, 0.25) is 0 Å². The number of hydrogen-bond donors (Lipinski definition) is 3. The van der Waals surface area contributed by atoms with Gasteiger partial charge in [0.05, 0.1) is 24.7 Å². The molecule has 216 valence electrons. The zero-order chi connectivity index (χ0) is 30.0. The number of carbonyl (C=O) groups is 2. The number of rotatable bonds is 11. The minimum absolute atomic E-state index is 0.0674. The quantitative estimate of drug-likeness (QED) is 0.119. The second kappa shape index (κ2) is 13.9. The Morgan fingerprint density at radius 3 is 2.49 bits per heavy atom. The number of thiazole rings is 1. The maximum absolute atomic E-state index is 13.7. The minimum Gasteiger partial charge on any atom is -0.493 e. The van der Waals surface area contributed by atoms with Gasteiger partial charge in [-0.25, -0.2) is 14.8 Å². The second-order valence-electron chi connectivity index (χ2n) is 9.03. The fourth-order valence-electron chi connectivity index (χ4n) is 3.91. The normalized spacial score (nSPS) is 10.7. The molecule has 0 unspecified atom stereocenters. The summed E-state index contributed by atoms with van der Waals surface area (Å²) in [7, 11) is 1.46. The Kier molecular flexibility index (Phi) is 9.35. The van der Waals surface area contributed by atoms with Crippen molar-refractivity contribution >= 4 is 45.9 Å². The highest BCUT2D eigenvalue weighted by Gasteiger charge is 2.11. The lowest BCUT2D eigenvalue weighted by molar-refractivity contribution is -0.118. The van der Waals surface area contributed by atoms with Crippen molar-refractivity contribution in [3.8, 4) is 22.8 Å². The summed E-state index contributed by atoms with van der Waals surface area (Å²) in [5, 5.41) is 12.5. The molecule has 1 aromatic heterocycles. The molecule has 0 spiro atoms. The summed E-state index contributed by atoms with van der Waals surface area (Å²) in [5.41, 5.74) is 6.29. The van der Waals surface area contributed by atoms with Crippen LogP contribution in [0.3, 0.4) is 0 Å². The molecule has 0 radical (unpaired) electrons. The van der Waals surface area contributed by atoms with Crippen LogP contribution in [0.15, 0.2) is 108 Å². The van der Waals surface area contributed by atoms with Crippen LogP contribution in [-0.4, -0.2) is 36.7 Å². The van der Waals surface area contributed by atoms with E-state index in [0.29, 0.717) is 22.6 Å². The molecule has 0 aliphatic rings. The SMILES string of the molecule is COc1cc(/C=N/NC(=O)c2ccc(-c3csc(Nc4ccccc4)n3)cc2)ccc1OCC(=O)Nc1ccccc1F. The van der Waals surface area contributed by atoms with Gasteiger partial charge >= 0.3 is 0 Å². The highest BCUT2D eigenvalue weighted by molar-refractivity contribution is 7.14. The van der Waals surface area contributed by atoms with E-state index in [0.717, 1.165) is 22.1 Å². The van der Waals surface area contributed by atoms with Gasteiger partial charge in [-0.15, -0.1) is 11.3 Å². The van der Waals surface area contributed by atoms with Gasteiger partial charge in [0.2, 0.25) is 0 Å². The fraction of sp³-hybridized carbons (Fsp3) is 0.0625. The molecule has 2 amide bonds. The Hall–Kier alpha value is -5.55. The summed E-state index contributed by atoms with van der Waals surface area (Å²) >= 11 is 1.50. The number of hydrazone groups is 1. The largest absolute Gasteiger partial charge is 0.493 e. The van der Waals surface area contributed by atoms with Crippen molar-refractivity contribution in [2.24, 2.45) is 5.10 Å². The zero-order valence-electron chi connectivity index (χ0n) is 22.9. The monoisotopic (exact) mass is 595 g/mol. The molecule has 11 heteroatoms. The number of amides is 2. The van der Waals surface area contributed by atoms with E-state index < -0.39 is 11.7 Å². The van der Waals surface area contributed by atoms with Gasteiger partial charge in [0, 0.05) is 22.2 Å². The van der Waals surface area contributed by atoms with Crippen LogP contribution in [0.4, 0.5) is 20.9 Å². The number of nitrogens with one attached hydrogen (secondary N) is 3. The van der Waals surface area contributed by atoms with Gasteiger partial charge in [-0.2, -0.15) is 5.10 Å². The summed E-state index contributed by atoms with van der Waals surface area (Å²) in [6.45, 7) is -0.346. The molecule has 5 aromatic rings. The van der Waals surface area contributed by atoms with Crippen molar-refractivity contribution in [3.63, 3.8) is 0 Å². The first-order valence-corrected chi connectivity index (χ1v) is 13.9. The molecule has 0 saturated carbocycles. The van der Waals surface area contributed by atoms with E-state index in [1.165, 1.54) is 42.9 Å². The molecule has 0 fully saturated rings. The Morgan fingerprint density at radius 1 is 0.953 bits per heavy atom. The van der Waals surface area contributed by atoms with E-state index in [1.807, 2.05) is 47.8 Å². The van der Waals surface area contributed by atoms with Crippen LogP contribution < -0.4 is 25.5 Å². The molecule has 0 atom stereocenters. The number of anilines is 3. The highest BCUT2D eigenvalue weighted by atomic mass is 32.1. The summed E-state index contributed by atoms with van der Waals surface area (Å²) in [6, 6.07) is 27.7. The van der Waals surface area contributed by atoms with Crippen molar-refractivity contribution in [1.29, 1.82) is 0 Å². The summed E-state index contributed by atoms with van der Waals surface area (Å²) in [4.78, 5) is 29.4. The van der Waals surface area contributed by atoms with Crippen molar-refractivity contribution in [2.45, 2.75) is 0 Å². The maximum atomic E-state index is 13.7. The Balaban J connectivity index is 1.13. The predicted octanol–water partition coefficient (Wildman–Crippen LogP) is 6.48. The molecule has 0 bridgehead atoms. The van der Waals surface area contributed by atoms with E-state index in [1.54, 1.807) is 36.4 Å². The highest BCUT2D eigenvalue weighted by Crippen LogP contribution is 2.28. The number of ether oxygens (including phenoxy) is 2. The van der Waals surface area contributed by atoms with Gasteiger partial charge in [0.1, 0.15) is 5.82 Å². The van der Waals surface area contributed by atoms with Crippen LogP contribution in [0.1, 0.15) is 15.9 Å². The fourth-order valence-corrected chi connectivity index (χ4v) is 4.65. The predicted molar refractivity (Wildman–Crippen MR) is 166 cm³/mol. The maximum Gasteiger partial charge on any atom is 0.271 e. The van der Waals surface area contributed by atoms with Crippen LogP contribution >= 0.6 is 11.3 Å². The standard InChI is InChI=1S/C32H26FN5O4S/c1-41-29-17-21(11-16-28(29)42-19-30(39)36-26-10-6-5-9-25(26)33)18-34-38-31(40)23-14-12-22(13-15-23)27-20-43-32(37-27)35-24-7-3-2-4-8-24/h2-18,20H,19H2,1H3,(H,35,37)(H,36,39)(H,38,40)/b34-18+. The van der Waals surface area contributed by atoms with Gasteiger partial charge in [0.15, 0.2) is 23.2 Å². The molecule has 4 aromatic carbocycles. The molecule has 0 saturated heterocycles. The minimum atomic E-state index is -0.539. The topological polar surface area (TPSA) is 114 Å². The molecular formula is C32H26FN5O4S. The second-order valence-corrected chi connectivity index (χ2v) is 9.89. The average Bonchev–Trinajstić information content (AvgIpc) is 3.50. The Labute approximate surface area is 251 Å². The number of methoxy groups -OCH3 is 1. The van der Waals surface area contributed by atoms with E-state index in [4.69, 9.17) is 9.47 Å². The van der Waals surface area contributed by atoms with Crippen molar-refractivity contribution < 1.29 is 23.5 Å². The van der Waals surface area contributed by atoms with Gasteiger partial charge < -0.3 is 20.1 Å². The smallest absolute Gasteiger partial charge is 0.271 e. The number of nitrogens with zero attached hydrogens (tertiary/aromatic N) is 2. The molecule has 5 rings (SSSR count). The number of aromatic nitrogens is 1. The molecule has 3 N–H and O–H groups in total. The number of halogens is 1. The zero-order valence-corrected chi connectivity index (χ0v) is 23.7. The molecule has 43 heavy (non-hydrogen) atoms. The molecule has 1 heterocycles. The summed E-state index contributed by atoms with van der Waals surface area (Å²) in [5.74, 6) is -0.766. The molecular weight excluding hydrogens is 569 g/mol. The van der Waals surface area contributed by atoms with Crippen molar-refractivity contribution in [1.82, 2.24) is 10.4 Å². The van der Waals surface area contributed by atoms with E-state index in [-0.39, 0.29) is 18.2 Å². The third-order valence-corrected chi connectivity index (χ3v) is 6.80. The first-order chi connectivity index (χ1) is 21.0. The van der Waals surface area contributed by atoms with Crippen LogP contribution in [0.25, 0.3) is 11.3 Å². The molecule has 0 aliphatic heterocycles. The van der Waals surface area contributed by atoms with E-state index in [2.05, 4.69) is 26.1 Å². The Morgan fingerprint density at radius 2 is 1.72 bits per heavy atom. The first-order valence-electron chi connectivity index (χ1n) is 13.0. The van der Waals surface area contributed by atoms with Crippen molar-refractivity contribution in [3.05, 3.63) is 119 Å². The number of carbonyl (C=O) groups excluding carboxylic acids is 2. The van der Waals surface area contributed by atoms with Gasteiger partial charge in [-0.05, 0) is 60.2 Å². The van der Waals surface area contributed by atoms with E-state index >= 15 is 0 Å². The average molecular weight is 596 g/mol. The van der Waals surface area contributed by atoms with Crippen LogP contribution in [0, 0.1) is 5.82 Å². The molecule has 9 nitrogen and oxygen atoms in total. The van der Waals surface area contributed by atoms with Gasteiger partial charge in [-0.3, -0.25) is 9.59 Å². The van der Waals surface area contributed by atoms with Gasteiger partial charge in [-0.1, -0.05) is 42.5 Å². The van der Waals surface area contributed by atoms with E-state index in [9.17, 15) is 14.0 Å².